The third-order valence-corrected chi connectivity index (χ3v) is 2.65. The standard InChI is InChI=1S/C12H12N2O3/c1-6-3-4-9(17-2)10-7(6)5-8(12(15)16)11(13)14-10/h3-5H,1-2H3,(H2,13,14)(H,15,16). The number of benzene rings is 1. The average molecular weight is 232 g/mol. The Labute approximate surface area is 97.8 Å². The summed E-state index contributed by atoms with van der Waals surface area (Å²) in [6, 6.07) is 5.16. The molecule has 5 nitrogen and oxygen atoms in total. The SMILES string of the molecule is COc1ccc(C)c2cc(C(=O)O)c(N)nc12. The van der Waals surface area contributed by atoms with Gasteiger partial charge in [0.1, 0.15) is 22.6 Å². The monoisotopic (exact) mass is 232 g/mol. The molecule has 0 bridgehead atoms. The number of nitrogen functional groups attached to an aromatic ring is 1. The zero-order valence-corrected chi connectivity index (χ0v) is 9.52. The molecule has 0 amide bonds. The number of anilines is 1. The lowest BCUT2D eigenvalue weighted by molar-refractivity contribution is 0.0698. The molecule has 1 heterocycles. The molecule has 0 atom stereocenters. The van der Waals surface area contributed by atoms with E-state index in [0.717, 1.165) is 10.9 Å². The highest BCUT2D eigenvalue weighted by Crippen LogP contribution is 2.29. The van der Waals surface area contributed by atoms with E-state index in [1.807, 2.05) is 13.0 Å². The Morgan fingerprint density at radius 2 is 2.18 bits per heavy atom. The third-order valence-electron chi connectivity index (χ3n) is 2.65. The Morgan fingerprint density at radius 3 is 2.76 bits per heavy atom. The molecule has 2 rings (SSSR count). The van der Waals surface area contributed by atoms with E-state index in [1.165, 1.54) is 13.2 Å². The first-order valence-electron chi connectivity index (χ1n) is 5.01. The van der Waals surface area contributed by atoms with Crippen LogP contribution in [0.2, 0.25) is 0 Å². The van der Waals surface area contributed by atoms with E-state index < -0.39 is 5.97 Å². The van der Waals surface area contributed by atoms with Crippen LogP contribution in [0, 0.1) is 6.92 Å². The number of aryl methyl sites for hydroxylation is 1. The van der Waals surface area contributed by atoms with Crippen molar-refractivity contribution < 1.29 is 14.6 Å². The highest BCUT2D eigenvalue weighted by molar-refractivity contribution is 5.99. The van der Waals surface area contributed by atoms with Crippen LogP contribution in [0.15, 0.2) is 18.2 Å². The van der Waals surface area contributed by atoms with Crippen molar-refractivity contribution in [1.82, 2.24) is 4.98 Å². The Morgan fingerprint density at radius 1 is 1.47 bits per heavy atom. The summed E-state index contributed by atoms with van der Waals surface area (Å²) in [4.78, 5) is 15.1. The molecule has 0 aliphatic rings. The van der Waals surface area contributed by atoms with E-state index in [-0.39, 0.29) is 11.4 Å². The first kappa shape index (κ1) is 11.2. The van der Waals surface area contributed by atoms with Crippen molar-refractivity contribution in [3.8, 4) is 5.75 Å². The number of ether oxygens (including phenoxy) is 1. The molecule has 5 heteroatoms. The lowest BCUT2D eigenvalue weighted by Gasteiger charge is -2.09. The smallest absolute Gasteiger partial charge is 0.339 e. The minimum absolute atomic E-state index is 0.00565. The molecular formula is C12H12N2O3. The molecule has 0 aliphatic carbocycles. The molecule has 3 N–H and O–H groups in total. The summed E-state index contributed by atoms with van der Waals surface area (Å²) < 4.78 is 5.17. The maximum Gasteiger partial charge on any atom is 0.339 e. The largest absolute Gasteiger partial charge is 0.494 e. The van der Waals surface area contributed by atoms with Gasteiger partial charge in [0.05, 0.1) is 7.11 Å². The molecule has 1 aromatic carbocycles. The van der Waals surface area contributed by atoms with E-state index in [0.29, 0.717) is 11.3 Å². The van der Waals surface area contributed by atoms with E-state index in [2.05, 4.69) is 4.98 Å². The minimum Gasteiger partial charge on any atom is -0.494 e. The van der Waals surface area contributed by atoms with Crippen LogP contribution in [0.3, 0.4) is 0 Å². The lowest BCUT2D eigenvalue weighted by atomic mass is 10.1. The van der Waals surface area contributed by atoms with Gasteiger partial charge in [-0.15, -0.1) is 0 Å². The van der Waals surface area contributed by atoms with E-state index >= 15 is 0 Å². The molecule has 0 aliphatic heterocycles. The quantitative estimate of drug-likeness (QED) is 0.825. The zero-order valence-electron chi connectivity index (χ0n) is 9.52. The number of carboxylic acid groups (broad SMARTS) is 1. The van der Waals surface area contributed by atoms with Crippen LogP contribution in [-0.4, -0.2) is 23.2 Å². The molecule has 0 saturated heterocycles. The number of nitrogens with zero attached hydrogens (tertiary/aromatic N) is 1. The summed E-state index contributed by atoms with van der Waals surface area (Å²) in [6.45, 7) is 1.88. The minimum atomic E-state index is -1.08. The number of pyridine rings is 1. The van der Waals surface area contributed by atoms with Gasteiger partial charge >= 0.3 is 5.97 Å². The van der Waals surface area contributed by atoms with Crippen molar-refractivity contribution in [3.63, 3.8) is 0 Å². The molecule has 0 fully saturated rings. The normalized spacial score (nSPS) is 10.5. The number of carbonyl (C=O) groups is 1. The molecule has 17 heavy (non-hydrogen) atoms. The fourth-order valence-corrected chi connectivity index (χ4v) is 1.72. The van der Waals surface area contributed by atoms with Crippen molar-refractivity contribution in [3.05, 3.63) is 29.3 Å². The number of aromatic carboxylic acids is 1. The molecule has 0 saturated carbocycles. The Kier molecular flexibility index (Phi) is 2.59. The van der Waals surface area contributed by atoms with Gasteiger partial charge in [-0.05, 0) is 24.6 Å². The third kappa shape index (κ3) is 1.75. The first-order chi connectivity index (χ1) is 8.04. The summed E-state index contributed by atoms with van der Waals surface area (Å²) in [5, 5.41) is 9.72. The number of aromatic nitrogens is 1. The van der Waals surface area contributed by atoms with Gasteiger partial charge in [0.2, 0.25) is 0 Å². The Hall–Kier alpha value is -2.30. The maximum absolute atomic E-state index is 11.0. The number of hydrogen-bond acceptors (Lipinski definition) is 4. The van der Waals surface area contributed by atoms with E-state index in [4.69, 9.17) is 15.6 Å². The highest BCUT2D eigenvalue weighted by Gasteiger charge is 2.14. The van der Waals surface area contributed by atoms with Crippen molar-refractivity contribution in [2.75, 3.05) is 12.8 Å². The lowest BCUT2D eigenvalue weighted by Crippen LogP contribution is -2.05. The second-order valence-electron chi connectivity index (χ2n) is 3.71. The number of hydrogen-bond donors (Lipinski definition) is 2. The molecule has 1 aromatic heterocycles. The topological polar surface area (TPSA) is 85.4 Å². The fraction of sp³-hybridized carbons (Fsp3) is 0.167. The molecule has 0 radical (unpaired) electrons. The zero-order chi connectivity index (χ0) is 12.6. The number of nitrogens with two attached hydrogens (primary N) is 1. The summed E-state index contributed by atoms with van der Waals surface area (Å²) in [5.74, 6) is -0.512. The number of carboxylic acids is 1. The summed E-state index contributed by atoms with van der Waals surface area (Å²) >= 11 is 0. The summed E-state index contributed by atoms with van der Waals surface area (Å²) in [7, 11) is 1.53. The van der Waals surface area contributed by atoms with Crippen molar-refractivity contribution >= 4 is 22.7 Å². The predicted octanol–water partition coefficient (Wildman–Crippen LogP) is 1.83. The van der Waals surface area contributed by atoms with Crippen LogP contribution in [0.1, 0.15) is 15.9 Å². The van der Waals surface area contributed by atoms with Crippen molar-refractivity contribution in [2.24, 2.45) is 0 Å². The van der Waals surface area contributed by atoms with Crippen LogP contribution in [-0.2, 0) is 0 Å². The fourth-order valence-electron chi connectivity index (χ4n) is 1.72. The molecule has 0 unspecified atom stereocenters. The van der Waals surface area contributed by atoms with Crippen molar-refractivity contribution in [2.45, 2.75) is 6.92 Å². The summed E-state index contributed by atoms with van der Waals surface area (Å²) in [5.41, 5.74) is 7.13. The van der Waals surface area contributed by atoms with Gasteiger partial charge in [0, 0.05) is 5.39 Å². The van der Waals surface area contributed by atoms with Gasteiger partial charge in [-0.3, -0.25) is 0 Å². The van der Waals surface area contributed by atoms with Gasteiger partial charge in [0.25, 0.3) is 0 Å². The summed E-state index contributed by atoms with van der Waals surface area (Å²) in [6.07, 6.45) is 0. The second-order valence-corrected chi connectivity index (χ2v) is 3.71. The molecular weight excluding hydrogens is 220 g/mol. The van der Waals surface area contributed by atoms with Gasteiger partial charge < -0.3 is 15.6 Å². The number of rotatable bonds is 2. The van der Waals surface area contributed by atoms with Crippen LogP contribution < -0.4 is 10.5 Å². The Bertz CT molecular complexity index is 608. The van der Waals surface area contributed by atoms with Crippen molar-refractivity contribution in [1.29, 1.82) is 0 Å². The van der Waals surface area contributed by atoms with Gasteiger partial charge in [0.15, 0.2) is 0 Å². The predicted molar refractivity (Wildman–Crippen MR) is 64.4 cm³/mol. The molecule has 2 aromatic rings. The highest BCUT2D eigenvalue weighted by atomic mass is 16.5. The van der Waals surface area contributed by atoms with Crippen LogP contribution in [0.5, 0.6) is 5.75 Å². The van der Waals surface area contributed by atoms with Gasteiger partial charge in [-0.1, -0.05) is 6.07 Å². The van der Waals surface area contributed by atoms with Crippen LogP contribution >= 0.6 is 0 Å². The van der Waals surface area contributed by atoms with E-state index in [9.17, 15) is 4.79 Å². The van der Waals surface area contributed by atoms with Gasteiger partial charge in [-0.25, -0.2) is 9.78 Å². The average Bonchev–Trinajstić information content (AvgIpc) is 2.28. The number of fused-ring (bicyclic) bond motifs is 1. The molecule has 88 valence electrons. The van der Waals surface area contributed by atoms with Crippen LogP contribution in [0.4, 0.5) is 5.82 Å². The first-order valence-corrected chi connectivity index (χ1v) is 5.01. The maximum atomic E-state index is 11.0. The van der Waals surface area contributed by atoms with E-state index in [1.54, 1.807) is 6.07 Å². The van der Waals surface area contributed by atoms with Gasteiger partial charge in [-0.2, -0.15) is 0 Å². The number of methoxy groups -OCH3 is 1. The molecule has 0 spiro atoms. The second kappa shape index (κ2) is 3.93. The Balaban J connectivity index is 2.86. The van der Waals surface area contributed by atoms with Crippen LogP contribution in [0.25, 0.3) is 10.9 Å².